The summed E-state index contributed by atoms with van der Waals surface area (Å²) in [6.07, 6.45) is 0. The van der Waals surface area contributed by atoms with Crippen LogP contribution in [0.1, 0.15) is 17.2 Å². The largest absolute Gasteiger partial charge is 1.00 e. The number of ether oxygens (including phenoxy) is 1. The first-order valence-corrected chi connectivity index (χ1v) is 7.20. The second kappa shape index (κ2) is 6.76. The highest BCUT2D eigenvalue weighted by molar-refractivity contribution is 5.74. The van der Waals surface area contributed by atoms with Gasteiger partial charge in [-0.05, 0) is 12.1 Å². The van der Waals surface area contributed by atoms with Gasteiger partial charge in [0.15, 0.2) is 0 Å². The van der Waals surface area contributed by atoms with E-state index in [1.54, 1.807) is 0 Å². The zero-order valence-electron chi connectivity index (χ0n) is 13.3. The SMILES string of the molecule is C[N+](C)(C)NC(=O)NC1c2ccccc2Oc2ccccc21.[I-]. The van der Waals surface area contributed by atoms with E-state index in [4.69, 9.17) is 4.74 Å². The second-order valence-electron chi connectivity index (χ2n) is 6.21. The number of quaternary nitrogens is 1. The lowest BCUT2D eigenvalue weighted by Crippen LogP contribution is -3.00. The van der Waals surface area contributed by atoms with Crippen LogP contribution in [0, 0.1) is 0 Å². The zero-order valence-corrected chi connectivity index (χ0v) is 15.5. The van der Waals surface area contributed by atoms with Gasteiger partial charge in [-0.2, -0.15) is 5.43 Å². The topological polar surface area (TPSA) is 50.4 Å². The lowest BCUT2D eigenvalue weighted by molar-refractivity contribution is -0.905. The molecule has 122 valence electrons. The summed E-state index contributed by atoms with van der Waals surface area (Å²) < 4.78 is 6.26. The van der Waals surface area contributed by atoms with Crippen molar-refractivity contribution in [3.63, 3.8) is 0 Å². The average molecular weight is 425 g/mol. The van der Waals surface area contributed by atoms with Crippen LogP contribution in [0.2, 0.25) is 0 Å². The van der Waals surface area contributed by atoms with Crippen LogP contribution in [0.5, 0.6) is 11.5 Å². The van der Waals surface area contributed by atoms with Crippen molar-refractivity contribution < 1.29 is 38.1 Å². The molecular weight excluding hydrogens is 405 g/mol. The van der Waals surface area contributed by atoms with Crippen LogP contribution in [0.3, 0.4) is 0 Å². The Hall–Kier alpha value is -1.80. The third-order valence-corrected chi connectivity index (χ3v) is 3.39. The number of carbonyl (C=O) groups is 1. The molecule has 0 saturated heterocycles. The summed E-state index contributed by atoms with van der Waals surface area (Å²) in [4.78, 5) is 12.3. The van der Waals surface area contributed by atoms with Crippen LogP contribution in [-0.2, 0) is 0 Å². The van der Waals surface area contributed by atoms with Crippen LogP contribution in [-0.4, -0.2) is 31.8 Å². The van der Waals surface area contributed by atoms with Crippen molar-refractivity contribution in [1.82, 2.24) is 10.7 Å². The maximum atomic E-state index is 12.3. The Labute approximate surface area is 153 Å². The predicted octanol–water partition coefficient (Wildman–Crippen LogP) is -0.194. The molecular formula is C17H20IN3O2. The quantitative estimate of drug-likeness (QED) is 0.398. The minimum Gasteiger partial charge on any atom is -1.00 e. The van der Waals surface area contributed by atoms with Crippen molar-refractivity contribution in [2.75, 3.05) is 21.1 Å². The molecule has 0 saturated carbocycles. The molecule has 1 aliphatic rings. The molecule has 6 heteroatoms. The molecule has 0 aromatic heterocycles. The number of halogens is 1. The van der Waals surface area contributed by atoms with Crippen LogP contribution in [0.25, 0.3) is 0 Å². The molecule has 1 aliphatic heterocycles. The van der Waals surface area contributed by atoms with Gasteiger partial charge in [-0.1, -0.05) is 36.4 Å². The minimum atomic E-state index is -0.229. The zero-order chi connectivity index (χ0) is 15.7. The number of nitrogens with one attached hydrogen (secondary N) is 2. The van der Waals surface area contributed by atoms with Crippen LogP contribution < -0.4 is 39.5 Å². The Kier molecular flexibility index (Phi) is 5.16. The van der Waals surface area contributed by atoms with Crippen molar-refractivity contribution in [3.05, 3.63) is 59.7 Å². The van der Waals surface area contributed by atoms with Gasteiger partial charge < -0.3 is 34.0 Å². The molecule has 2 N–H and O–H groups in total. The van der Waals surface area contributed by atoms with Crippen LogP contribution in [0.4, 0.5) is 4.79 Å². The third-order valence-electron chi connectivity index (χ3n) is 3.39. The monoisotopic (exact) mass is 425 g/mol. The highest BCUT2D eigenvalue weighted by Crippen LogP contribution is 2.42. The van der Waals surface area contributed by atoms with Crippen molar-refractivity contribution in [3.8, 4) is 11.5 Å². The number of carbonyl (C=O) groups excluding carboxylic acids is 1. The highest BCUT2D eigenvalue weighted by Gasteiger charge is 2.29. The van der Waals surface area contributed by atoms with E-state index < -0.39 is 0 Å². The van der Waals surface area contributed by atoms with Gasteiger partial charge in [0.2, 0.25) is 0 Å². The van der Waals surface area contributed by atoms with Gasteiger partial charge in [0.1, 0.15) is 11.5 Å². The summed E-state index contributed by atoms with van der Waals surface area (Å²) in [5.74, 6) is 1.55. The molecule has 2 amide bonds. The minimum absolute atomic E-state index is 0. The van der Waals surface area contributed by atoms with Gasteiger partial charge in [-0.3, -0.25) is 0 Å². The molecule has 0 fully saturated rings. The first-order chi connectivity index (χ1) is 10.4. The molecule has 0 aliphatic carbocycles. The number of nitrogens with zero attached hydrogens (tertiary/aromatic N) is 1. The predicted molar refractivity (Wildman–Crippen MR) is 84.5 cm³/mol. The first-order valence-electron chi connectivity index (χ1n) is 7.20. The maximum Gasteiger partial charge on any atom is 0.359 e. The average Bonchev–Trinajstić information content (AvgIpc) is 2.45. The summed E-state index contributed by atoms with van der Waals surface area (Å²) in [5.41, 5.74) is 4.79. The van der Waals surface area contributed by atoms with Gasteiger partial charge in [-0.15, -0.1) is 0 Å². The normalized spacial score (nSPS) is 13.0. The number of rotatable bonds is 2. The molecule has 3 rings (SSSR count). The first kappa shape index (κ1) is 17.6. The molecule has 2 aromatic carbocycles. The fourth-order valence-corrected chi connectivity index (χ4v) is 2.53. The van der Waals surface area contributed by atoms with E-state index in [0.717, 1.165) is 22.6 Å². The van der Waals surface area contributed by atoms with Crippen molar-refractivity contribution in [2.45, 2.75) is 6.04 Å². The van der Waals surface area contributed by atoms with Crippen molar-refractivity contribution in [1.29, 1.82) is 0 Å². The van der Waals surface area contributed by atoms with E-state index in [9.17, 15) is 4.79 Å². The Morgan fingerprint density at radius 1 is 0.957 bits per heavy atom. The molecule has 0 unspecified atom stereocenters. The Morgan fingerprint density at radius 2 is 1.43 bits per heavy atom. The number of fused-ring (bicyclic) bond motifs is 2. The third kappa shape index (κ3) is 3.94. The Bertz CT molecular complexity index is 667. The summed E-state index contributed by atoms with van der Waals surface area (Å²) >= 11 is 0. The van der Waals surface area contributed by atoms with Gasteiger partial charge in [0.25, 0.3) is 0 Å². The molecule has 0 radical (unpaired) electrons. The highest BCUT2D eigenvalue weighted by atomic mass is 127. The van der Waals surface area contributed by atoms with E-state index in [2.05, 4.69) is 10.7 Å². The number of hydrogen-bond acceptors (Lipinski definition) is 2. The molecule has 5 nitrogen and oxygen atoms in total. The van der Waals surface area contributed by atoms with E-state index >= 15 is 0 Å². The molecule has 0 atom stereocenters. The van der Waals surface area contributed by atoms with Crippen molar-refractivity contribution >= 4 is 6.03 Å². The lowest BCUT2D eigenvalue weighted by Gasteiger charge is -2.30. The molecule has 0 bridgehead atoms. The molecule has 1 heterocycles. The smallest absolute Gasteiger partial charge is 0.359 e. The molecule has 23 heavy (non-hydrogen) atoms. The molecule has 2 aromatic rings. The van der Waals surface area contributed by atoms with Gasteiger partial charge >= 0.3 is 6.03 Å². The second-order valence-corrected chi connectivity index (χ2v) is 6.21. The van der Waals surface area contributed by atoms with E-state index in [0.29, 0.717) is 4.59 Å². The number of para-hydroxylation sites is 2. The number of hydrogen-bond donors (Lipinski definition) is 2. The van der Waals surface area contributed by atoms with Gasteiger partial charge in [0, 0.05) is 11.1 Å². The van der Waals surface area contributed by atoms with E-state index in [1.165, 1.54) is 0 Å². The standard InChI is InChI=1S/C17H19N3O2.HI/c1-20(2,3)19-17(21)18-16-12-8-4-6-10-14(12)22-15-11-7-5-9-13(15)16;/h4-11,16H,1-3H3,(H-,18,19,21);1H. The van der Waals surface area contributed by atoms with Gasteiger partial charge in [-0.25, -0.2) is 9.39 Å². The molecule has 0 spiro atoms. The lowest BCUT2D eigenvalue weighted by atomic mass is 9.95. The van der Waals surface area contributed by atoms with Gasteiger partial charge in [0.05, 0.1) is 27.2 Å². The fraction of sp³-hybridized carbons (Fsp3) is 0.235. The van der Waals surface area contributed by atoms with Crippen LogP contribution >= 0.6 is 0 Å². The number of benzene rings is 2. The van der Waals surface area contributed by atoms with E-state index in [-0.39, 0.29) is 36.0 Å². The summed E-state index contributed by atoms with van der Waals surface area (Å²) in [6.45, 7) is 0. The summed E-state index contributed by atoms with van der Waals surface area (Å²) in [6, 6.07) is 15.1. The summed E-state index contributed by atoms with van der Waals surface area (Å²) in [7, 11) is 5.68. The Morgan fingerprint density at radius 3 is 1.91 bits per heavy atom. The maximum absolute atomic E-state index is 12.3. The van der Waals surface area contributed by atoms with Crippen LogP contribution in [0.15, 0.2) is 48.5 Å². The number of amides is 2. The number of urea groups is 1. The fourth-order valence-electron chi connectivity index (χ4n) is 2.53. The summed E-state index contributed by atoms with van der Waals surface area (Å²) in [5, 5.41) is 3.04. The Balaban J connectivity index is 0.00000192. The van der Waals surface area contributed by atoms with Crippen molar-refractivity contribution in [2.24, 2.45) is 0 Å². The van der Waals surface area contributed by atoms with E-state index in [1.807, 2.05) is 69.7 Å².